The van der Waals surface area contributed by atoms with Crippen LogP contribution in [-0.2, 0) is 16.0 Å². The smallest absolute Gasteiger partial charge is 0.309 e. The molecule has 1 aliphatic heterocycles. The second-order valence-electron chi connectivity index (χ2n) is 5.38. The Bertz CT molecular complexity index is 598. The summed E-state index contributed by atoms with van der Waals surface area (Å²) in [5.74, 6) is 0.206. The van der Waals surface area contributed by atoms with Crippen LogP contribution in [0.2, 0.25) is 0 Å². The summed E-state index contributed by atoms with van der Waals surface area (Å²) in [7, 11) is -3.04. The normalized spacial score (nSPS) is 23.1. The predicted molar refractivity (Wildman–Crippen MR) is 74.7 cm³/mol. The first-order valence-corrected chi connectivity index (χ1v) is 8.54. The summed E-state index contributed by atoms with van der Waals surface area (Å²) in [5.41, 5.74) is -0.192. The van der Waals surface area contributed by atoms with Gasteiger partial charge in [-0.2, -0.15) is 13.2 Å². The number of rotatable bonds is 4. The fourth-order valence-electron chi connectivity index (χ4n) is 2.50. The molecule has 118 valence electrons. The Kier molecular flexibility index (Phi) is 4.63. The van der Waals surface area contributed by atoms with E-state index in [0.29, 0.717) is 18.4 Å². The van der Waals surface area contributed by atoms with Crippen molar-refractivity contribution in [2.24, 2.45) is 0 Å². The van der Waals surface area contributed by atoms with E-state index in [-0.39, 0.29) is 18.3 Å². The van der Waals surface area contributed by atoms with Gasteiger partial charge in [-0.1, -0.05) is 12.1 Å². The van der Waals surface area contributed by atoms with E-state index < -0.39 is 26.8 Å². The van der Waals surface area contributed by atoms with Crippen LogP contribution < -0.4 is 5.32 Å². The predicted octanol–water partition coefficient (Wildman–Crippen LogP) is 2.93. The topological polar surface area (TPSA) is 46.2 Å². The molecule has 2 rings (SSSR count). The highest BCUT2D eigenvalue weighted by molar-refractivity contribution is 7.92. The number of sulfone groups is 1. The summed E-state index contributed by atoms with van der Waals surface area (Å²) in [6, 6.07) is 4.76. The molecule has 0 amide bonds. The number of nitrogens with one attached hydrogen (secondary N) is 1. The zero-order valence-corrected chi connectivity index (χ0v) is 12.5. The van der Waals surface area contributed by atoms with Gasteiger partial charge in [-0.15, -0.1) is 0 Å². The molecular formula is C14H18F3NO2S. The van der Waals surface area contributed by atoms with Crippen LogP contribution >= 0.6 is 0 Å². The van der Waals surface area contributed by atoms with Gasteiger partial charge in [-0.3, -0.25) is 0 Å². The van der Waals surface area contributed by atoms with Crippen LogP contribution in [-0.4, -0.2) is 26.0 Å². The van der Waals surface area contributed by atoms with Crippen LogP contribution in [0.1, 0.15) is 36.9 Å². The third-order valence-corrected chi connectivity index (χ3v) is 6.10. The minimum Gasteiger partial charge on any atom is -0.309 e. The molecule has 1 aromatic carbocycles. The molecule has 21 heavy (non-hydrogen) atoms. The molecule has 0 aliphatic carbocycles. The van der Waals surface area contributed by atoms with Gasteiger partial charge in [0.1, 0.15) is 0 Å². The second kappa shape index (κ2) is 5.96. The second-order valence-corrected chi connectivity index (χ2v) is 7.79. The summed E-state index contributed by atoms with van der Waals surface area (Å²) in [5, 5.41) is 2.60. The lowest BCUT2D eigenvalue weighted by molar-refractivity contribution is -0.137. The van der Waals surface area contributed by atoms with E-state index in [1.807, 2.05) is 0 Å². The third kappa shape index (κ3) is 3.97. The highest BCUT2D eigenvalue weighted by atomic mass is 32.2. The van der Waals surface area contributed by atoms with Gasteiger partial charge >= 0.3 is 6.18 Å². The molecule has 1 aromatic rings. The van der Waals surface area contributed by atoms with E-state index in [2.05, 4.69) is 5.32 Å². The summed E-state index contributed by atoms with van der Waals surface area (Å²) >= 11 is 0. The van der Waals surface area contributed by atoms with Gasteiger partial charge in [0.25, 0.3) is 0 Å². The SMILES string of the molecule is CC(NCC1CCCS1(=O)=O)c1cccc(C(F)(F)F)c1. The maximum Gasteiger partial charge on any atom is 0.416 e. The first-order chi connectivity index (χ1) is 9.70. The van der Waals surface area contributed by atoms with Crippen molar-refractivity contribution < 1.29 is 21.6 Å². The average Bonchev–Trinajstić information content (AvgIpc) is 2.74. The van der Waals surface area contributed by atoms with E-state index >= 15 is 0 Å². The molecular weight excluding hydrogens is 303 g/mol. The van der Waals surface area contributed by atoms with Crippen molar-refractivity contribution in [2.75, 3.05) is 12.3 Å². The highest BCUT2D eigenvalue weighted by Gasteiger charge is 2.32. The molecule has 0 saturated carbocycles. The maximum absolute atomic E-state index is 12.7. The average molecular weight is 321 g/mol. The van der Waals surface area contributed by atoms with Gasteiger partial charge < -0.3 is 5.32 Å². The van der Waals surface area contributed by atoms with Gasteiger partial charge in [0, 0.05) is 12.6 Å². The Balaban J connectivity index is 2.02. The molecule has 0 bridgehead atoms. The van der Waals surface area contributed by atoms with E-state index in [9.17, 15) is 21.6 Å². The highest BCUT2D eigenvalue weighted by Crippen LogP contribution is 2.30. The minimum absolute atomic E-state index is 0.206. The first kappa shape index (κ1) is 16.3. The molecule has 1 aliphatic rings. The van der Waals surface area contributed by atoms with Crippen molar-refractivity contribution in [1.29, 1.82) is 0 Å². The standard InChI is InChI=1S/C14H18F3NO2S/c1-10(18-9-13-6-3-7-21(13,19)20)11-4-2-5-12(8-11)14(15,16)17/h2,4-5,8,10,13,18H,3,6-7,9H2,1H3. The molecule has 2 unspecified atom stereocenters. The van der Waals surface area contributed by atoms with Crippen LogP contribution in [0, 0.1) is 0 Å². The molecule has 3 nitrogen and oxygen atoms in total. The Morgan fingerprint density at radius 1 is 1.38 bits per heavy atom. The fourth-order valence-corrected chi connectivity index (χ4v) is 4.28. The van der Waals surface area contributed by atoms with Crippen LogP contribution in [0.25, 0.3) is 0 Å². The van der Waals surface area contributed by atoms with Crippen LogP contribution in [0.3, 0.4) is 0 Å². The maximum atomic E-state index is 12.7. The molecule has 7 heteroatoms. The van der Waals surface area contributed by atoms with Crippen LogP contribution in [0.5, 0.6) is 0 Å². The molecule has 1 saturated heterocycles. The molecule has 1 N–H and O–H groups in total. The zero-order chi connectivity index (χ0) is 15.7. The van der Waals surface area contributed by atoms with Gasteiger partial charge in [0.15, 0.2) is 9.84 Å². The zero-order valence-electron chi connectivity index (χ0n) is 11.7. The number of hydrogen-bond acceptors (Lipinski definition) is 3. The van der Waals surface area contributed by atoms with Crippen molar-refractivity contribution in [2.45, 2.75) is 37.2 Å². The molecule has 0 spiro atoms. The Labute approximate surface area is 122 Å². The lowest BCUT2D eigenvalue weighted by atomic mass is 10.0. The molecule has 2 atom stereocenters. The minimum atomic E-state index is -4.37. The lowest BCUT2D eigenvalue weighted by Gasteiger charge is -2.18. The van der Waals surface area contributed by atoms with Gasteiger partial charge in [-0.05, 0) is 37.5 Å². The Hall–Kier alpha value is -1.08. The number of hydrogen-bond donors (Lipinski definition) is 1. The molecule has 1 fully saturated rings. The van der Waals surface area contributed by atoms with Crippen LogP contribution in [0.15, 0.2) is 24.3 Å². The summed E-state index contributed by atoms with van der Waals surface area (Å²) < 4.78 is 61.4. The summed E-state index contributed by atoms with van der Waals surface area (Å²) in [6.45, 7) is 2.01. The van der Waals surface area contributed by atoms with E-state index in [1.54, 1.807) is 13.0 Å². The van der Waals surface area contributed by atoms with Crippen molar-refractivity contribution in [3.8, 4) is 0 Å². The molecule has 1 heterocycles. The van der Waals surface area contributed by atoms with Gasteiger partial charge in [0.2, 0.25) is 0 Å². The first-order valence-electron chi connectivity index (χ1n) is 6.82. The van der Waals surface area contributed by atoms with E-state index in [1.165, 1.54) is 6.07 Å². The number of halogens is 3. The van der Waals surface area contributed by atoms with Crippen molar-refractivity contribution in [1.82, 2.24) is 5.32 Å². The van der Waals surface area contributed by atoms with Crippen LogP contribution in [0.4, 0.5) is 13.2 Å². The Morgan fingerprint density at radius 3 is 2.67 bits per heavy atom. The summed E-state index contributed by atoms with van der Waals surface area (Å²) in [4.78, 5) is 0. The van der Waals surface area contributed by atoms with Crippen molar-refractivity contribution in [3.63, 3.8) is 0 Å². The lowest BCUT2D eigenvalue weighted by Crippen LogP contribution is -2.32. The quantitative estimate of drug-likeness (QED) is 0.927. The van der Waals surface area contributed by atoms with Gasteiger partial charge in [0.05, 0.1) is 16.6 Å². The van der Waals surface area contributed by atoms with Crippen molar-refractivity contribution in [3.05, 3.63) is 35.4 Å². The summed E-state index contributed by atoms with van der Waals surface area (Å²) in [6.07, 6.45) is -3.10. The fraction of sp³-hybridized carbons (Fsp3) is 0.571. The van der Waals surface area contributed by atoms with Crippen molar-refractivity contribution >= 4 is 9.84 Å². The molecule has 0 aromatic heterocycles. The number of alkyl halides is 3. The monoisotopic (exact) mass is 321 g/mol. The van der Waals surface area contributed by atoms with E-state index in [4.69, 9.17) is 0 Å². The van der Waals surface area contributed by atoms with Gasteiger partial charge in [-0.25, -0.2) is 8.42 Å². The Morgan fingerprint density at radius 2 is 2.10 bits per heavy atom. The van der Waals surface area contributed by atoms with E-state index in [0.717, 1.165) is 12.1 Å². The number of benzene rings is 1. The largest absolute Gasteiger partial charge is 0.416 e. The third-order valence-electron chi connectivity index (χ3n) is 3.83. The molecule has 0 radical (unpaired) electrons.